The minimum atomic E-state index is 0.394. The molecule has 3 aromatic rings. The topological polar surface area (TPSA) is 55.6 Å². The van der Waals surface area contributed by atoms with Crippen molar-refractivity contribution >= 4 is 23.1 Å². The third-order valence-corrected chi connectivity index (χ3v) is 2.90. The molecule has 0 aliphatic rings. The van der Waals surface area contributed by atoms with Gasteiger partial charge in [0.15, 0.2) is 5.82 Å². The molecule has 1 aromatic carbocycles. The van der Waals surface area contributed by atoms with Gasteiger partial charge in [-0.15, -0.1) is 0 Å². The Hall–Kier alpha value is -2.40. The number of hydrogen-bond donors (Lipinski definition) is 1. The maximum absolute atomic E-state index is 6.06. The highest BCUT2D eigenvalue weighted by molar-refractivity contribution is 6.29. The van der Waals surface area contributed by atoms with Gasteiger partial charge in [0.25, 0.3) is 0 Å². The maximum atomic E-state index is 6.06. The Labute approximate surface area is 121 Å². The van der Waals surface area contributed by atoms with Crippen LogP contribution < -0.4 is 5.32 Å². The number of hydrogen-bond acceptors (Lipinski definition) is 4. The van der Waals surface area contributed by atoms with Gasteiger partial charge in [-0.25, -0.2) is 9.97 Å². The van der Waals surface area contributed by atoms with Crippen LogP contribution in [0, 0.1) is 0 Å². The summed E-state index contributed by atoms with van der Waals surface area (Å²) < 4.78 is 1.71. The van der Waals surface area contributed by atoms with Gasteiger partial charge < -0.3 is 5.32 Å². The molecule has 0 fully saturated rings. The zero-order valence-electron chi connectivity index (χ0n) is 10.8. The van der Waals surface area contributed by atoms with Gasteiger partial charge in [-0.2, -0.15) is 5.10 Å². The lowest BCUT2D eigenvalue weighted by atomic mass is 10.2. The van der Waals surface area contributed by atoms with E-state index in [4.69, 9.17) is 11.6 Å². The van der Waals surface area contributed by atoms with Crippen LogP contribution in [0.25, 0.3) is 11.4 Å². The summed E-state index contributed by atoms with van der Waals surface area (Å²) >= 11 is 6.06. The van der Waals surface area contributed by atoms with Crippen LogP contribution in [-0.4, -0.2) is 19.7 Å². The summed E-state index contributed by atoms with van der Waals surface area (Å²) in [6.45, 7) is 0. The van der Waals surface area contributed by atoms with Crippen LogP contribution in [-0.2, 0) is 7.05 Å². The van der Waals surface area contributed by atoms with E-state index in [-0.39, 0.29) is 0 Å². The maximum Gasteiger partial charge on any atom is 0.163 e. The summed E-state index contributed by atoms with van der Waals surface area (Å²) in [6.07, 6.45) is 3.58. The summed E-state index contributed by atoms with van der Waals surface area (Å²) in [7, 11) is 1.85. The fourth-order valence-corrected chi connectivity index (χ4v) is 2.02. The minimum Gasteiger partial charge on any atom is -0.338 e. The Morgan fingerprint density at radius 2 is 1.95 bits per heavy atom. The molecule has 2 aromatic heterocycles. The Bertz CT molecular complexity index is 723. The number of nitrogens with zero attached hydrogens (tertiary/aromatic N) is 4. The summed E-state index contributed by atoms with van der Waals surface area (Å²) in [5, 5.41) is 7.64. The Kier molecular flexibility index (Phi) is 3.35. The Morgan fingerprint density at radius 1 is 1.15 bits per heavy atom. The third-order valence-electron chi connectivity index (χ3n) is 2.70. The van der Waals surface area contributed by atoms with Crippen molar-refractivity contribution < 1.29 is 0 Å². The molecule has 0 unspecified atom stereocenters. The monoisotopic (exact) mass is 285 g/mol. The van der Waals surface area contributed by atoms with Crippen molar-refractivity contribution in [1.82, 2.24) is 19.7 Å². The normalized spacial score (nSPS) is 10.5. The molecule has 0 aliphatic heterocycles. The zero-order valence-corrected chi connectivity index (χ0v) is 11.5. The van der Waals surface area contributed by atoms with Crippen molar-refractivity contribution in [2.45, 2.75) is 0 Å². The van der Waals surface area contributed by atoms with Crippen LogP contribution in [0.4, 0.5) is 11.5 Å². The lowest BCUT2D eigenvalue weighted by molar-refractivity contribution is 0.768. The molecule has 6 heteroatoms. The summed E-state index contributed by atoms with van der Waals surface area (Å²) in [5.41, 5.74) is 1.77. The first kappa shape index (κ1) is 12.6. The molecule has 0 saturated carbocycles. The predicted molar refractivity (Wildman–Crippen MR) is 79.0 cm³/mol. The molecule has 2 heterocycles. The first-order chi connectivity index (χ1) is 9.70. The first-order valence-corrected chi connectivity index (χ1v) is 6.44. The second kappa shape index (κ2) is 5.30. The van der Waals surface area contributed by atoms with Gasteiger partial charge >= 0.3 is 0 Å². The minimum absolute atomic E-state index is 0.394. The van der Waals surface area contributed by atoms with Crippen molar-refractivity contribution in [2.75, 3.05) is 5.32 Å². The number of aryl methyl sites for hydroxylation is 1. The lowest BCUT2D eigenvalue weighted by Gasteiger charge is -2.06. The van der Waals surface area contributed by atoms with E-state index in [2.05, 4.69) is 20.4 Å². The highest BCUT2D eigenvalue weighted by Crippen LogP contribution is 2.22. The van der Waals surface area contributed by atoms with E-state index in [0.29, 0.717) is 16.8 Å². The fourth-order valence-electron chi connectivity index (χ4n) is 1.83. The van der Waals surface area contributed by atoms with Gasteiger partial charge in [0.05, 0.1) is 11.9 Å². The molecule has 0 saturated heterocycles. The molecule has 0 radical (unpaired) electrons. The smallest absolute Gasteiger partial charge is 0.163 e. The molecule has 0 bridgehead atoms. The summed E-state index contributed by atoms with van der Waals surface area (Å²) in [5.74, 6) is 1.22. The standard InChI is InChI=1S/C14H12ClN5/c1-20-9-11(8-16-20)17-13-7-12(15)18-14(19-13)10-5-3-2-4-6-10/h2-9H,1H3,(H,17,18,19). The van der Waals surface area contributed by atoms with Gasteiger partial charge in [0.2, 0.25) is 0 Å². The Morgan fingerprint density at radius 3 is 2.65 bits per heavy atom. The fraction of sp³-hybridized carbons (Fsp3) is 0.0714. The van der Waals surface area contributed by atoms with Crippen LogP contribution >= 0.6 is 11.6 Å². The van der Waals surface area contributed by atoms with Gasteiger partial charge in [-0.05, 0) is 0 Å². The summed E-state index contributed by atoms with van der Waals surface area (Å²) in [4.78, 5) is 8.71. The molecule has 5 nitrogen and oxygen atoms in total. The average molecular weight is 286 g/mol. The quantitative estimate of drug-likeness (QED) is 0.750. The van der Waals surface area contributed by atoms with Crippen molar-refractivity contribution in [1.29, 1.82) is 0 Å². The van der Waals surface area contributed by atoms with E-state index in [1.165, 1.54) is 0 Å². The molecular formula is C14H12ClN5. The van der Waals surface area contributed by atoms with Crippen LogP contribution in [0.2, 0.25) is 5.15 Å². The number of nitrogens with one attached hydrogen (secondary N) is 1. The van der Waals surface area contributed by atoms with Crippen molar-refractivity contribution in [2.24, 2.45) is 7.05 Å². The molecule has 0 spiro atoms. The van der Waals surface area contributed by atoms with E-state index in [1.807, 2.05) is 43.6 Å². The second-order valence-electron chi connectivity index (χ2n) is 4.29. The SMILES string of the molecule is Cn1cc(Nc2cc(Cl)nc(-c3ccccc3)n2)cn1. The van der Waals surface area contributed by atoms with Crippen LogP contribution in [0.15, 0.2) is 48.8 Å². The van der Waals surface area contributed by atoms with E-state index < -0.39 is 0 Å². The average Bonchev–Trinajstić information content (AvgIpc) is 2.84. The van der Waals surface area contributed by atoms with E-state index in [1.54, 1.807) is 16.9 Å². The highest BCUT2D eigenvalue weighted by atomic mass is 35.5. The van der Waals surface area contributed by atoms with Crippen LogP contribution in [0.5, 0.6) is 0 Å². The summed E-state index contributed by atoms with van der Waals surface area (Å²) in [6, 6.07) is 11.4. The molecular weight excluding hydrogens is 274 g/mol. The van der Waals surface area contributed by atoms with Gasteiger partial charge in [0, 0.05) is 24.9 Å². The zero-order chi connectivity index (χ0) is 13.9. The van der Waals surface area contributed by atoms with E-state index in [0.717, 1.165) is 11.3 Å². The van der Waals surface area contributed by atoms with Crippen molar-refractivity contribution in [3.63, 3.8) is 0 Å². The van der Waals surface area contributed by atoms with Gasteiger partial charge in [-0.3, -0.25) is 4.68 Å². The van der Waals surface area contributed by atoms with Crippen molar-refractivity contribution in [3.05, 3.63) is 53.9 Å². The number of anilines is 2. The third kappa shape index (κ3) is 2.78. The molecule has 100 valence electrons. The second-order valence-corrected chi connectivity index (χ2v) is 4.68. The highest BCUT2D eigenvalue weighted by Gasteiger charge is 2.06. The number of aromatic nitrogens is 4. The number of halogens is 1. The van der Waals surface area contributed by atoms with Crippen LogP contribution in [0.1, 0.15) is 0 Å². The molecule has 20 heavy (non-hydrogen) atoms. The largest absolute Gasteiger partial charge is 0.338 e. The molecule has 3 rings (SSSR count). The number of rotatable bonds is 3. The molecule has 1 N–H and O–H groups in total. The van der Waals surface area contributed by atoms with Crippen LogP contribution in [0.3, 0.4) is 0 Å². The van der Waals surface area contributed by atoms with E-state index in [9.17, 15) is 0 Å². The van der Waals surface area contributed by atoms with Gasteiger partial charge in [-0.1, -0.05) is 41.9 Å². The number of benzene rings is 1. The molecule has 0 atom stereocenters. The molecule has 0 aliphatic carbocycles. The lowest BCUT2D eigenvalue weighted by Crippen LogP contribution is -1.97. The molecule has 0 amide bonds. The van der Waals surface area contributed by atoms with Crippen molar-refractivity contribution in [3.8, 4) is 11.4 Å². The Balaban J connectivity index is 1.94. The first-order valence-electron chi connectivity index (χ1n) is 6.06. The van der Waals surface area contributed by atoms with E-state index >= 15 is 0 Å². The van der Waals surface area contributed by atoms with Gasteiger partial charge in [0.1, 0.15) is 11.0 Å². The predicted octanol–water partition coefficient (Wildman–Crippen LogP) is 3.27.